The normalized spacial score (nSPS) is 11.3. The van der Waals surface area contributed by atoms with Crippen molar-refractivity contribution in [1.82, 2.24) is 4.90 Å². The number of aliphatic hydroxyl groups is 1. The van der Waals surface area contributed by atoms with E-state index in [2.05, 4.69) is 14.1 Å². The van der Waals surface area contributed by atoms with Crippen molar-refractivity contribution in [3.8, 4) is 5.75 Å². The van der Waals surface area contributed by atoms with E-state index in [1.807, 2.05) is 18.2 Å². The number of anilines is 1. The summed E-state index contributed by atoms with van der Waals surface area (Å²) < 4.78 is 5.97. The highest BCUT2D eigenvalue weighted by Crippen LogP contribution is 2.23. The van der Waals surface area contributed by atoms with Gasteiger partial charge in [-0.2, -0.15) is 0 Å². The van der Waals surface area contributed by atoms with Gasteiger partial charge in [-0.1, -0.05) is 0 Å². The molecule has 1 rings (SSSR count). The zero-order chi connectivity index (χ0) is 16.6. The summed E-state index contributed by atoms with van der Waals surface area (Å²) >= 11 is 0. The van der Waals surface area contributed by atoms with Gasteiger partial charge in [-0.3, -0.25) is 4.79 Å². The van der Waals surface area contributed by atoms with Crippen molar-refractivity contribution in [3.63, 3.8) is 0 Å². The molecule has 6 nitrogen and oxygen atoms in total. The van der Waals surface area contributed by atoms with Crippen LogP contribution in [0.25, 0.3) is 0 Å². The van der Waals surface area contributed by atoms with Gasteiger partial charge in [0.1, 0.15) is 12.3 Å². The quantitative estimate of drug-likeness (QED) is 0.379. The van der Waals surface area contributed by atoms with Crippen molar-refractivity contribution < 1.29 is 19.1 Å². The Balaban J connectivity index is 2.52. The van der Waals surface area contributed by atoms with Crippen molar-refractivity contribution in [3.05, 3.63) is 23.8 Å². The average molecular weight is 310 g/mol. The Bertz CT molecular complexity index is 478. The van der Waals surface area contributed by atoms with Gasteiger partial charge in [-0.05, 0) is 18.2 Å². The molecule has 0 fully saturated rings. The van der Waals surface area contributed by atoms with Crippen LogP contribution in [0.2, 0.25) is 0 Å². The largest absolute Gasteiger partial charge is 0.495 e. The standard InChI is InChI=1S/C16H28N3O3/c1-19(2,9-4-7-18(13-21)8-10-20)12-14-5-6-16(22-3)15(17)11-14/h5-6,11,13,20H,4,7-10,12,17H2,1-3H3/q+1. The molecular weight excluding hydrogens is 282 g/mol. The first kappa shape index (κ1) is 18.3. The lowest BCUT2D eigenvalue weighted by molar-refractivity contribution is -0.903. The Morgan fingerprint density at radius 1 is 1.36 bits per heavy atom. The number of hydrogen-bond acceptors (Lipinski definition) is 4. The fraction of sp³-hybridized carbons (Fsp3) is 0.562. The van der Waals surface area contributed by atoms with E-state index in [1.54, 1.807) is 12.0 Å². The lowest BCUT2D eigenvalue weighted by Gasteiger charge is -2.31. The van der Waals surface area contributed by atoms with E-state index in [0.29, 0.717) is 24.5 Å². The van der Waals surface area contributed by atoms with E-state index in [1.165, 1.54) is 0 Å². The van der Waals surface area contributed by atoms with Crippen LogP contribution in [-0.4, -0.2) is 68.3 Å². The van der Waals surface area contributed by atoms with E-state index in [4.69, 9.17) is 15.6 Å². The second kappa shape index (κ2) is 8.60. The fourth-order valence-corrected chi connectivity index (χ4v) is 2.50. The molecule has 0 aliphatic rings. The van der Waals surface area contributed by atoms with Gasteiger partial charge in [0.25, 0.3) is 0 Å². The van der Waals surface area contributed by atoms with Gasteiger partial charge in [-0.25, -0.2) is 0 Å². The van der Waals surface area contributed by atoms with Crippen LogP contribution in [0.1, 0.15) is 12.0 Å². The lowest BCUT2D eigenvalue weighted by Crippen LogP contribution is -2.41. The molecule has 0 saturated heterocycles. The predicted molar refractivity (Wildman–Crippen MR) is 87.4 cm³/mol. The molecule has 1 aromatic rings. The summed E-state index contributed by atoms with van der Waals surface area (Å²) in [6, 6.07) is 5.86. The van der Waals surface area contributed by atoms with Gasteiger partial charge in [0.15, 0.2) is 0 Å². The molecule has 0 saturated carbocycles. The van der Waals surface area contributed by atoms with Gasteiger partial charge in [0.05, 0.1) is 40.0 Å². The van der Waals surface area contributed by atoms with E-state index in [0.717, 1.165) is 36.0 Å². The maximum absolute atomic E-state index is 10.8. The van der Waals surface area contributed by atoms with E-state index in [9.17, 15) is 4.79 Å². The Kier molecular flexibility index (Phi) is 7.14. The maximum atomic E-state index is 10.8. The van der Waals surface area contributed by atoms with Crippen LogP contribution in [0, 0.1) is 0 Å². The summed E-state index contributed by atoms with van der Waals surface area (Å²) in [6.07, 6.45) is 1.68. The minimum Gasteiger partial charge on any atom is -0.495 e. The number of amides is 1. The van der Waals surface area contributed by atoms with Crippen molar-refractivity contribution in [2.45, 2.75) is 13.0 Å². The SMILES string of the molecule is COc1ccc(C[N+](C)(C)CCCN(C=O)CCO)cc1N. The highest BCUT2D eigenvalue weighted by Gasteiger charge is 2.17. The fourth-order valence-electron chi connectivity index (χ4n) is 2.50. The summed E-state index contributed by atoms with van der Waals surface area (Å²) in [7, 11) is 5.91. The number of methoxy groups -OCH3 is 1. The van der Waals surface area contributed by atoms with Gasteiger partial charge in [0, 0.05) is 25.1 Å². The van der Waals surface area contributed by atoms with Crippen molar-refractivity contribution >= 4 is 12.1 Å². The minimum absolute atomic E-state index is 0.00210. The summed E-state index contributed by atoms with van der Waals surface area (Å²) in [5.41, 5.74) is 7.75. The van der Waals surface area contributed by atoms with Crippen LogP contribution in [0.5, 0.6) is 5.75 Å². The van der Waals surface area contributed by atoms with Gasteiger partial charge >= 0.3 is 0 Å². The first-order chi connectivity index (χ1) is 10.4. The molecule has 6 heteroatoms. The molecular formula is C16H28N3O3+. The monoisotopic (exact) mass is 310 g/mol. The Morgan fingerprint density at radius 2 is 2.09 bits per heavy atom. The third kappa shape index (κ3) is 5.91. The Morgan fingerprint density at radius 3 is 2.64 bits per heavy atom. The van der Waals surface area contributed by atoms with Crippen LogP contribution in [0.4, 0.5) is 5.69 Å². The van der Waals surface area contributed by atoms with Crippen LogP contribution >= 0.6 is 0 Å². The smallest absolute Gasteiger partial charge is 0.209 e. The second-order valence-electron chi connectivity index (χ2n) is 6.11. The number of nitrogen functional groups attached to an aromatic ring is 1. The number of rotatable bonds is 10. The van der Waals surface area contributed by atoms with Gasteiger partial charge < -0.3 is 25.0 Å². The summed E-state index contributed by atoms with van der Waals surface area (Å²) in [5, 5.41) is 8.86. The number of hydrogen-bond donors (Lipinski definition) is 2. The van der Waals surface area contributed by atoms with Crippen molar-refractivity contribution in [2.24, 2.45) is 0 Å². The summed E-state index contributed by atoms with van der Waals surface area (Å²) in [5.74, 6) is 0.694. The third-order valence-electron chi connectivity index (χ3n) is 3.65. The number of nitrogens with zero attached hydrogens (tertiary/aromatic N) is 2. The maximum Gasteiger partial charge on any atom is 0.209 e. The molecule has 0 radical (unpaired) electrons. The van der Waals surface area contributed by atoms with Crippen LogP contribution in [0.15, 0.2) is 18.2 Å². The predicted octanol–water partition coefficient (Wildman–Crippen LogP) is 0.695. The molecule has 0 heterocycles. The Labute approximate surface area is 132 Å². The summed E-state index contributed by atoms with van der Waals surface area (Å²) in [4.78, 5) is 12.4. The minimum atomic E-state index is 0.00210. The van der Waals surface area contributed by atoms with Crippen LogP contribution < -0.4 is 10.5 Å². The lowest BCUT2D eigenvalue weighted by atomic mass is 10.1. The molecule has 0 unspecified atom stereocenters. The molecule has 0 aromatic heterocycles. The number of carbonyl (C=O) groups excluding carboxylic acids is 1. The highest BCUT2D eigenvalue weighted by atomic mass is 16.5. The number of carbonyl (C=O) groups is 1. The zero-order valence-corrected chi connectivity index (χ0v) is 13.8. The van der Waals surface area contributed by atoms with Crippen LogP contribution in [-0.2, 0) is 11.3 Å². The van der Waals surface area contributed by atoms with Crippen LogP contribution in [0.3, 0.4) is 0 Å². The molecule has 1 aromatic carbocycles. The van der Waals surface area contributed by atoms with Gasteiger partial charge in [-0.15, -0.1) is 0 Å². The molecule has 0 bridgehead atoms. The summed E-state index contributed by atoms with van der Waals surface area (Å²) in [6.45, 7) is 2.85. The van der Waals surface area contributed by atoms with Crippen molar-refractivity contribution in [1.29, 1.82) is 0 Å². The van der Waals surface area contributed by atoms with E-state index < -0.39 is 0 Å². The van der Waals surface area contributed by atoms with E-state index in [-0.39, 0.29) is 6.61 Å². The number of quaternary nitrogens is 1. The number of ether oxygens (including phenoxy) is 1. The zero-order valence-electron chi connectivity index (χ0n) is 13.8. The molecule has 0 aliphatic heterocycles. The van der Waals surface area contributed by atoms with E-state index >= 15 is 0 Å². The molecule has 22 heavy (non-hydrogen) atoms. The molecule has 1 amide bonds. The molecule has 0 aliphatic carbocycles. The molecule has 0 spiro atoms. The topological polar surface area (TPSA) is 75.8 Å². The number of aliphatic hydroxyl groups excluding tert-OH is 1. The number of nitrogens with two attached hydrogens (primary N) is 1. The average Bonchev–Trinajstić information content (AvgIpc) is 2.46. The molecule has 0 atom stereocenters. The first-order valence-electron chi connectivity index (χ1n) is 7.46. The third-order valence-corrected chi connectivity index (χ3v) is 3.65. The second-order valence-corrected chi connectivity index (χ2v) is 6.11. The molecule has 124 valence electrons. The highest BCUT2D eigenvalue weighted by molar-refractivity contribution is 5.54. The Hall–Kier alpha value is -1.79. The van der Waals surface area contributed by atoms with Crippen molar-refractivity contribution in [2.75, 3.05) is 53.2 Å². The first-order valence-corrected chi connectivity index (χ1v) is 7.46. The molecule has 3 N–H and O–H groups in total. The number of benzene rings is 1. The van der Waals surface area contributed by atoms with Gasteiger partial charge in [0.2, 0.25) is 6.41 Å².